The molecule has 114 valence electrons. The molecule has 1 rings (SSSR count). The molecule has 6 nitrogen and oxygen atoms in total. The van der Waals surface area contributed by atoms with Crippen molar-refractivity contribution in [1.29, 1.82) is 0 Å². The lowest BCUT2D eigenvalue weighted by atomic mass is 10.3. The molecule has 0 spiro atoms. The minimum atomic E-state index is -3.50. The van der Waals surface area contributed by atoms with Crippen molar-refractivity contribution in [3.63, 3.8) is 0 Å². The summed E-state index contributed by atoms with van der Waals surface area (Å²) in [6.45, 7) is 3.49. The SMILES string of the molecule is CCOCCCNS(=O)(=O)c1ccc(OCCO)cc1. The highest BCUT2D eigenvalue weighted by Crippen LogP contribution is 2.15. The van der Waals surface area contributed by atoms with E-state index in [1.165, 1.54) is 12.1 Å². The average Bonchev–Trinajstić information content (AvgIpc) is 2.45. The molecule has 2 N–H and O–H groups in total. The van der Waals surface area contributed by atoms with Gasteiger partial charge in [-0.2, -0.15) is 0 Å². The summed E-state index contributed by atoms with van der Waals surface area (Å²) in [5, 5.41) is 8.63. The molecule has 20 heavy (non-hydrogen) atoms. The van der Waals surface area contributed by atoms with Gasteiger partial charge in [-0.25, -0.2) is 13.1 Å². The van der Waals surface area contributed by atoms with Gasteiger partial charge in [0, 0.05) is 19.8 Å². The smallest absolute Gasteiger partial charge is 0.240 e. The molecule has 0 amide bonds. The topological polar surface area (TPSA) is 84.9 Å². The highest BCUT2D eigenvalue weighted by atomic mass is 32.2. The van der Waals surface area contributed by atoms with Crippen LogP contribution in [0.25, 0.3) is 0 Å². The number of aliphatic hydroxyl groups is 1. The molecule has 0 unspecified atom stereocenters. The summed E-state index contributed by atoms with van der Waals surface area (Å²) < 4.78 is 36.7. The van der Waals surface area contributed by atoms with Gasteiger partial charge in [0.05, 0.1) is 11.5 Å². The Balaban J connectivity index is 2.50. The standard InChI is InChI=1S/C13H21NO5S/c1-2-18-10-3-8-14-20(16,17)13-6-4-12(5-7-13)19-11-9-15/h4-7,14-15H,2-3,8-11H2,1H3. The van der Waals surface area contributed by atoms with Gasteiger partial charge in [-0.05, 0) is 37.6 Å². The molecule has 0 saturated heterocycles. The highest BCUT2D eigenvalue weighted by Gasteiger charge is 2.12. The van der Waals surface area contributed by atoms with Crippen molar-refractivity contribution < 1.29 is 23.0 Å². The van der Waals surface area contributed by atoms with Gasteiger partial charge in [-0.3, -0.25) is 0 Å². The van der Waals surface area contributed by atoms with Crippen molar-refractivity contribution in [3.05, 3.63) is 24.3 Å². The second-order valence-electron chi connectivity index (χ2n) is 3.99. The Morgan fingerprint density at radius 3 is 2.50 bits per heavy atom. The van der Waals surface area contributed by atoms with Crippen molar-refractivity contribution in [2.75, 3.05) is 33.0 Å². The number of aliphatic hydroxyl groups excluding tert-OH is 1. The Bertz CT molecular complexity index is 472. The zero-order valence-electron chi connectivity index (χ0n) is 11.5. The van der Waals surface area contributed by atoms with Crippen molar-refractivity contribution >= 4 is 10.0 Å². The van der Waals surface area contributed by atoms with E-state index in [4.69, 9.17) is 14.6 Å². The normalized spacial score (nSPS) is 11.5. The zero-order valence-corrected chi connectivity index (χ0v) is 12.4. The Morgan fingerprint density at radius 1 is 1.20 bits per heavy atom. The van der Waals surface area contributed by atoms with Crippen LogP contribution in [0.5, 0.6) is 5.75 Å². The maximum absolute atomic E-state index is 12.0. The first-order chi connectivity index (χ1) is 9.60. The third-order valence-corrected chi connectivity index (χ3v) is 3.93. The van der Waals surface area contributed by atoms with Gasteiger partial charge in [0.1, 0.15) is 12.4 Å². The molecule has 1 aromatic carbocycles. The number of benzene rings is 1. The monoisotopic (exact) mass is 303 g/mol. The molecule has 0 atom stereocenters. The van der Waals surface area contributed by atoms with Gasteiger partial charge >= 0.3 is 0 Å². The van der Waals surface area contributed by atoms with Crippen LogP contribution in [0.1, 0.15) is 13.3 Å². The predicted octanol–water partition coefficient (Wildman–Crippen LogP) is 0.763. The second kappa shape index (κ2) is 8.91. The molecular weight excluding hydrogens is 282 g/mol. The first-order valence-electron chi connectivity index (χ1n) is 6.51. The number of hydrogen-bond donors (Lipinski definition) is 2. The molecule has 0 bridgehead atoms. The van der Waals surface area contributed by atoms with Gasteiger partial charge in [0.15, 0.2) is 0 Å². The van der Waals surface area contributed by atoms with E-state index in [0.717, 1.165) is 0 Å². The summed E-state index contributed by atoms with van der Waals surface area (Å²) in [4.78, 5) is 0.185. The Hall–Kier alpha value is -1.15. The first-order valence-corrected chi connectivity index (χ1v) is 7.99. The van der Waals surface area contributed by atoms with Crippen molar-refractivity contribution in [1.82, 2.24) is 4.72 Å². The minimum absolute atomic E-state index is 0.0819. The van der Waals surface area contributed by atoms with Gasteiger partial charge < -0.3 is 14.6 Å². The molecule has 0 aliphatic heterocycles. The van der Waals surface area contributed by atoms with Crippen LogP contribution >= 0.6 is 0 Å². The number of ether oxygens (including phenoxy) is 2. The fourth-order valence-corrected chi connectivity index (χ4v) is 2.56. The molecule has 0 aliphatic rings. The van der Waals surface area contributed by atoms with Gasteiger partial charge in [0.2, 0.25) is 10.0 Å². The molecule has 0 fully saturated rings. The third kappa shape index (κ3) is 5.87. The van der Waals surface area contributed by atoms with E-state index in [1.807, 2.05) is 6.92 Å². The zero-order chi connectivity index (χ0) is 14.8. The van der Waals surface area contributed by atoms with Crippen LogP contribution in [-0.4, -0.2) is 46.5 Å². The summed E-state index contributed by atoms with van der Waals surface area (Å²) >= 11 is 0. The van der Waals surface area contributed by atoms with Gasteiger partial charge in [0.25, 0.3) is 0 Å². The van der Waals surface area contributed by atoms with Crippen molar-refractivity contribution in [3.8, 4) is 5.75 Å². The molecular formula is C13H21NO5S. The van der Waals surface area contributed by atoms with Crippen LogP contribution < -0.4 is 9.46 Å². The molecule has 0 aliphatic carbocycles. The van der Waals surface area contributed by atoms with Crippen LogP contribution in [-0.2, 0) is 14.8 Å². The van der Waals surface area contributed by atoms with Crippen LogP contribution in [0, 0.1) is 0 Å². The summed E-state index contributed by atoms with van der Waals surface area (Å²) in [5.41, 5.74) is 0. The molecule has 0 heterocycles. The van der Waals surface area contributed by atoms with Crippen LogP contribution in [0.4, 0.5) is 0 Å². The summed E-state index contributed by atoms with van der Waals surface area (Å²) in [7, 11) is -3.50. The number of rotatable bonds is 10. The largest absolute Gasteiger partial charge is 0.491 e. The van der Waals surface area contributed by atoms with E-state index in [2.05, 4.69) is 4.72 Å². The molecule has 0 aromatic heterocycles. The third-order valence-electron chi connectivity index (χ3n) is 2.46. The summed E-state index contributed by atoms with van der Waals surface area (Å²) in [6.07, 6.45) is 0.630. The van der Waals surface area contributed by atoms with E-state index >= 15 is 0 Å². The number of nitrogens with one attached hydrogen (secondary N) is 1. The molecule has 1 aromatic rings. The Labute approximate surface area is 119 Å². The highest BCUT2D eigenvalue weighted by molar-refractivity contribution is 7.89. The predicted molar refractivity (Wildman–Crippen MR) is 75.3 cm³/mol. The van der Waals surface area contributed by atoms with Gasteiger partial charge in [-0.1, -0.05) is 0 Å². The fraction of sp³-hybridized carbons (Fsp3) is 0.538. The summed E-state index contributed by atoms with van der Waals surface area (Å²) in [6, 6.07) is 6.06. The van der Waals surface area contributed by atoms with Crippen LogP contribution in [0.3, 0.4) is 0 Å². The lowest BCUT2D eigenvalue weighted by Gasteiger charge is -2.08. The van der Waals surface area contributed by atoms with Gasteiger partial charge in [-0.15, -0.1) is 0 Å². The second-order valence-corrected chi connectivity index (χ2v) is 5.76. The maximum atomic E-state index is 12.0. The van der Waals surface area contributed by atoms with E-state index in [1.54, 1.807) is 12.1 Å². The van der Waals surface area contributed by atoms with Crippen molar-refractivity contribution in [2.24, 2.45) is 0 Å². The number of hydrogen-bond acceptors (Lipinski definition) is 5. The molecule has 7 heteroatoms. The van der Waals surface area contributed by atoms with E-state index < -0.39 is 10.0 Å². The van der Waals surface area contributed by atoms with E-state index in [9.17, 15) is 8.42 Å². The lowest BCUT2D eigenvalue weighted by Crippen LogP contribution is -2.25. The first kappa shape index (κ1) is 16.9. The fourth-order valence-electron chi connectivity index (χ4n) is 1.49. The molecule has 0 radical (unpaired) electrons. The number of sulfonamides is 1. The lowest BCUT2D eigenvalue weighted by molar-refractivity contribution is 0.146. The van der Waals surface area contributed by atoms with Crippen LogP contribution in [0.15, 0.2) is 29.2 Å². The summed E-state index contributed by atoms with van der Waals surface area (Å²) in [5.74, 6) is 0.523. The average molecular weight is 303 g/mol. The van der Waals surface area contributed by atoms with E-state index in [0.29, 0.717) is 31.9 Å². The molecule has 0 saturated carbocycles. The van der Waals surface area contributed by atoms with Crippen molar-refractivity contribution in [2.45, 2.75) is 18.2 Å². The van der Waals surface area contributed by atoms with E-state index in [-0.39, 0.29) is 18.1 Å². The van der Waals surface area contributed by atoms with Crippen LogP contribution in [0.2, 0.25) is 0 Å². The minimum Gasteiger partial charge on any atom is -0.491 e. The Kier molecular flexibility index (Phi) is 7.53. The maximum Gasteiger partial charge on any atom is 0.240 e. The Morgan fingerprint density at radius 2 is 1.90 bits per heavy atom. The quantitative estimate of drug-likeness (QED) is 0.623.